The van der Waals surface area contributed by atoms with Crippen LogP contribution >= 0.6 is 0 Å². The van der Waals surface area contributed by atoms with Crippen LogP contribution in [0.25, 0.3) is 0 Å². The minimum Gasteiger partial charge on any atom is -0.462 e. The van der Waals surface area contributed by atoms with E-state index in [4.69, 9.17) is 9.47 Å². The Kier molecular flexibility index (Phi) is 11.7. The van der Waals surface area contributed by atoms with Crippen molar-refractivity contribution < 1.29 is 19.1 Å². The maximum Gasteiger partial charge on any atom is 0.337 e. The van der Waals surface area contributed by atoms with E-state index in [1.54, 1.807) is 38.1 Å². The van der Waals surface area contributed by atoms with Gasteiger partial charge in [-0.15, -0.1) is 4.91 Å². The molecule has 0 bridgehead atoms. The van der Waals surface area contributed by atoms with Crippen molar-refractivity contribution in [1.82, 2.24) is 10.2 Å². The van der Waals surface area contributed by atoms with Crippen LogP contribution in [0, 0.1) is 4.91 Å². The predicted octanol–water partition coefficient (Wildman–Crippen LogP) is 7.75. The molecular formula is C38H45N3O5. The lowest BCUT2D eigenvalue weighted by atomic mass is 9.80. The number of likely N-dealkylation sites (N-methyl/N-ethyl adjacent to an activating group) is 1. The van der Waals surface area contributed by atoms with Crippen molar-refractivity contribution in [3.05, 3.63) is 129 Å². The highest BCUT2D eigenvalue weighted by atomic mass is 16.6. The van der Waals surface area contributed by atoms with E-state index in [9.17, 15) is 14.5 Å². The summed E-state index contributed by atoms with van der Waals surface area (Å²) in [5.74, 6) is -1.64. The van der Waals surface area contributed by atoms with Gasteiger partial charge in [-0.1, -0.05) is 79.7 Å². The molecule has 0 fully saturated rings. The van der Waals surface area contributed by atoms with Crippen LogP contribution in [-0.2, 0) is 19.1 Å². The highest BCUT2D eigenvalue weighted by Crippen LogP contribution is 2.41. The first-order valence-electron chi connectivity index (χ1n) is 15.9. The van der Waals surface area contributed by atoms with Gasteiger partial charge in [0.05, 0.1) is 23.7 Å². The van der Waals surface area contributed by atoms with Gasteiger partial charge in [0.1, 0.15) is 11.3 Å². The van der Waals surface area contributed by atoms with Gasteiger partial charge >= 0.3 is 11.9 Å². The Morgan fingerprint density at radius 3 is 2.04 bits per heavy atom. The zero-order valence-corrected chi connectivity index (χ0v) is 27.7. The number of rotatable bonds is 14. The molecule has 1 atom stereocenters. The van der Waals surface area contributed by atoms with E-state index in [0.29, 0.717) is 41.1 Å². The average molecular weight is 624 g/mol. The van der Waals surface area contributed by atoms with Gasteiger partial charge in [-0.3, -0.25) is 0 Å². The van der Waals surface area contributed by atoms with Crippen LogP contribution < -0.4 is 5.32 Å². The molecule has 242 valence electrons. The molecule has 0 aromatic heterocycles. The van der Waals surface area contributed by atoms with Crippen LogP contribution in [0.3, 0.4) is 0 Å². The van der Waals surface area contributed by atoms with E-state index < -0.39 is 23.5 Å². The minimum absolute atomic E-state index is 0.201. The van der Waals surface area contributed by atoms with E-state index in [-0.39, 0.29) is 18.2 Å². The summed E-state index contributed by atoms with van der Waals surface area (Å²) >= 11 is 0. The molecule has 0 spiro atoms. The second-order valence-corrected chi connectivity index (χ2v) is 12.5. The van der Waals surface area contributed by atoms with Gasteiger partial charge in [-0.25, -0.2) is 9.59 Å². The van der Waals surface area contributed by atoms with Gasteiger partial charge in [-0.2, -0.15) is 0 Å². The van der Waals surface area contributed by atoms with Crippen LogP contribution in [0.2, 0.25) is 0 Å². The zero-order chi connectivity index (χ0) is 33.3. The topological polar surface area (TPSA) is 97.3 Å². The quantitative estimate of drug-likeness (QED) is 0.145. The Morgan fingerprint density at radius 1 is 0.891 bits per heavy atom. The monoisotopic (exact) mass is 623 g/mol. The fourth-order valence-electron chi connectivity index (χ4n) is 6.22. The van der Waals surface area contributed by atoms with E-state index in [1.165, 1.54) is 11.1 Å². The zero-order valence-electron chi connectivity index (χ0n) is 27.7. The molecule has 8 heteroatoms. The Bertz CT molecular complexity index is 1540. The summed E-state index contributed by atoms with van der Waals surface area (Å²) < 4.78 is 11.7. The predicted molar refractivity (Wildman–Crippen MR) is 181 cm³/mol. The third-order valence-corrected chi connectivity index (χ3v) is 8.17. The normalized spacial score (nSPS) is 15.2. The SMILES string of the molecule is CCCOC(=O)C1=C(C)NC(C)=C(C(=O)OC(C)(C)CN(C)CCC(c2ccccc2)c2ccccc2)C1c1cccc(N=O)c1. The Morgan fingerprint density at radius 2 is 1.48 bits per heavy atom. The highest BCUT2D eigenvalue weighted by Gasteiger charge is 2.40. The van der Waals surface area contributed by atoms with Gasteiger partial charge < -0.3 is 19.7 Å². The van der Waals surface area contributed by atoms with Gasteiger partial charge in [-0.05, 0) is 88.1 Å². The molecule has 8 nitrogen and oxygen atoms in total. The number of dihydropyridines is 1. The van der Waals surface area contributed by atoms with E-state index in [0.717, 1.165) is 13.0 Å². The Balaban J connectivity index is 1.54. The number of nitrogens with zero attached hydrogens (tertiary/aromatic N) is 2. The van der Waals surface area contributed by atoms with E-state index in [1.807, 2.05) is 40.0 Å². The summed E-state index contributed by atoms with van der Waals surface area (Å²) in [4.78, 5) is 41.0. The summed E-state index contributed by atoms with van der Waals surface area (Å²) in [6.07, 6.45) is 1.54. The van der Waals surface area contributed by atoms with Crippen LogP contribution in [0.15, 0.2) is 113 Å². The molecule has 0 aliphatic carbocycles. The number of esters is 2. The number of allylic oxidation sites excluding steroid dienone is 2. The number of benzene rings is 3. The second-order valence-electron chi connectivity index (χ2n) is 12.5. The van der Waals surface area contributed by atoms with Crippen LogP contribution in [0.1, 0.15) is 76.0 Å². The minimum atomic E-state index is -0.857. The van der Waals surface area contributed by atoms with Crippen molar-refractivity contribution in [2.75, 3.05) is 26.7 Å². The molecule has 1 N–H and O–H groups in total. The summed E-state index contributed by atoms with van der Waals surface area (Å²) in [7, 11) is 2.03. The average Bonchev–Trinajstić information content (AvgIpc) is 3.03. The van der Waals surface area contributed by atoms with Crippen molar-refractivity contribution in [1.29, 1.82) is 0 Å². The first-order chi connectivity index (χ1) is 22.0. The molecule has 0 amide bonds. The molecular weight excluding hydrogens is 578 g/mol. The second kappa shape index (κ2) is 15.6. The smallest absolute Gasteiger partial charge is 0.337 e. The van der Waals surface area contributed by atoms with Crippen molar-refractivity contribution in [3.8, 4) is 0 Å². The molecule has 1 aliphatic heterocycles. The van der Waals surface area contributed by atoms with Crippen molar-refractivity contribution in [2.45, 2.75) is 64.9 Å². The molecule has 3 aromatic carbocycles. The lowest BCUT2D eigenvalue weighted by Gasteiger charge is -2.34. The van der Waals surface area contributed by atoms with Gasteiger partial charge in [0.15, 0.2) is 0 Å². The van der Waals surface area contributed by atoms with Crippen molar-refractivity contribution in [2.24, 2.45) is 5.18 Å². The van der Waals surface area contributed by atoms with Gasteiger partial charge in [0, 0.05) is 23.9 Å². The molecule has 46 heavy (non-hydrogen) atoms. The molecule has 1 heterocycles. The Hall–Kier alpha value is -4.56. The molecule has 4 rings (SSSR count). The number of nitroso groups, excluding NO2 is 1. The van der Waals surface area contributed by atoms with E-state index in [2.05, 4.69) is 63.9 Å². The third-order valence-electron chi connectivity index (χ3n) is 8.17. The summed E-state index contributed by atoms with van der Waals surface area (Å²) in [6.45, 7) is 10.8. The molecule has 3 aromatic rings. The fraction of sp³-hybridized carbons (Fsp3) is 0.368. The van der Waals surface area contributed by atoms with Gasteiger partial charge in [0.2, 0.25) is 0 Å². The highest BCUT2D eigenvalue weighted by molar-refractivity contribution is 6.00. The molecule has 1 unspecified atom stereocenters. The number of hydrogen-bond acceptors (Lipinski definition) is 8. The fourth-order valence-corrected chi connectivity index (χ4v) is 6.22. The third kappa shape index (κ3) is 8.57. The number of carbonyl (C=O) groups is 2. The maximum absolute atomic E-state index is 14.1. The number of ether oxygens (including phenoxy) is 2. The molecule has 0 saturated carbocycles. The summed E-state index contributed by atoms with van der Waals surface area (Å²) in [5.41, 5.74) is 4.19. The standard InChI is InChI=1S/C38H45N3O5/c1-7-23-45-36(42)33-26(2)39-27(3)34(35(33)30-19-14-20-31(24-30)40-44)37(43)46-38(4,5)25-41(6)22-21-32(28-15-10-8-11-16-28)29-17-12-9-13-18-29/h8-20,24,32,35,39H,7,21-23,25H2,1-6H3. The first-order valence-corrected chi connectivity index (χ1v) is 15.9. The van der Waals surface area contributed by atoms with Crippen LogP contribution in [0.5, 0.6) is 0 Å². The van der Waals surface area contributed by atoms with Gasteiger partial charge in [0.25, 0.3) is 0 Å². The number of hydrogen-bond donors (Lipinski definition) is 1. The number of carbonyl (C=O) groups excluding carboxylic acids is 2. The molecule has 0 saturated heterocycles. The lowest BCUT2D eigenvalue weighted by Crippen LogP contribution is -2.42. The Labute approximate surface area is 272 Å². The summed E-state index contributed by atoms with van der Waals surface area (Å²) in [6, 6.07) is 27.6. The molecule has 0 radical (unpaired) electrons. The maximum atomic E-state index is 14.1. The molecule has 1 aliphatic rings. The lowest BCUT2D eigenvalue weighted by molar-refractivity contribution is -0.153. The van der Waals surface area contributed by atoms with Crippen LogP contribution in [-0.4, -0.2) is 49.2 Å². The van der Waals surface area contributed by atoms with Crippen molar-refractivity contribution >= 4 is 17.6 Å². The van der Waals surface area contributed by atoms with Crippen molar-refractivity contribution in [3.63, 3.8) is 0 Å². The first kappa shape index (κ1) is 34.3. The summed E-state index contributed by atoms with van der Waals surface area (Å²) in [5, 5.41) is 6.28. The number of nitrogens with one attached hydrogen (secondary N) is 1. The van der Waals surface area contributed by atoms with Crippen LogP contribution in [0.4, 0.5) is 5.69 Å². The van der Waals surface area contributed by atoms with E-state index >= 15 is 0 Å². The largest absolute Gasteiger partial charge is 0.462 e.